The number of carbonyl (C=O) groups excluding carboxylic acids is 1. The number of thiophene rings is 1. The summed E-state index contributed by atoms with van der Waals surface area (Å²) in [5.41, 5.74) is 6.39. The fourth-order valence-electron chi connectivity index (χ4n) is 2.12. The van der Waals surface area contributed by atoms with Crippen molar-refractivity contribution < 1.29 is 9.53 Å². The molecule has 1 aromatic rings. The number of nitrogens with two attached hydrogens (primary N) is 1. The molecule has 0 aliphatic carbocycles. The largest absolute Gasteiger partial charge is 0.397 e. The summed E-state index contributed by atoms with van der Waals surface area (Å²) < 4.78 is 5.68. The van der Waals surface area contributed by atoms with E-state index in [1.165, 1.54) is 11.3 Å². The van der Waals surface area contributed by atoms with Crippen molar-refractivity contribution in [3.63, 3.8) is 0 Å². The lowest BCUT2D eigenvalue weighted by atomic mass is 10.3. The molecule has 6 nitrogen and oxygen atoms in total. The number of anilines is 2. The monoisotopic (exact) mass is 298 g/mol. The number of likely N-dealkylation sites (N-methyl/N-ethyl adjacent to an activating group) is 1. The maximum absolute atomic E-state index is 11.8. The van der Waals surface area contributed by atoms with Crippen LogP contribution >= 0.6 is 11.3 Å². The van der Waals surface area contributed by atoms with Gasteiger partial charge in [-0.05, 0) is 20.0 Å². The van der Waals surface area contributed by atoms with Crippen LogP contribution in [0, 0.1) is 0 Å². The Kier molecular flexibility index (Phi) is 5.22. The van der Waals surface area contributed by atoms with Gasteiger partial charge in [-0.1, -0.05) is 0 Å². The van der Waals surface area contributed by atoms with Gasteiger partial charge in [0.15, 0.2) is 0 Å². The van der Waals surface area contributed by atoms with Crippen LogP contribution in [0.5, 0.6) is 0 Å². The van der Waals surface area contributed by atoms with Crippen LogP contribution in [0.3, 0.4) is 0 Å². The van der Waals surface area contributed by atoms with Crippen molar-refractivity contribution in [3.05, 3.63) is 10.9 Å². The first-order valence-corrected chi connectivity index (χ1v) is 7.63. The standard InChI is InChI=1S/C13H22N4O2S/c1-3-15-13(18)12-10(14)6-11(20-12)16-7-9-8-17(2)4-5-19-9/h6,9,16H,3-5,7-8,14H2,1-2H3,(H,15,18). The van der Waals surface area contributed by atoms with Crippen molar-refractivity contribution in [2.45, 2.75) is 13.0 Å². The third kappa shape index (κ3) is 3.84. The van der Waals surface area contributed by atoms with E-state index < -0.39 is 0 Å². The van der Waals surface area contributed by atoms with Crippen LogP contribution in [0.25, 0.3) is 0 Å². The van der Waals surface area contributed by atoms with Crippen LogP contribution < -0.4 is 16.4 Å². The van der Waals surface area contributed by atoms with Gasteiger partial charge in [-0.25, -0.2) is 0 Å². The number of amides is 1. The van der Waals surface area contributed by atoms with Gasteiger partial charge in [0.05, 0.1) is 23.4 Å². The van der Waals surface area contributed by atoms with Gasteiger partial charge in [0.2, 0.25) is 0 Å². The molecule has 7 heteroatoms. The number of hydrogen-bond donors (Lipinski definition) is 3. The number of carbonyl (C=O) groups is 1. The van der Waals surface area contributed by atoms with Gasteiger partial charge in [-0.2, -0.15) is 0 Å². The van der Waals surface area contributed by atoms with Crippen molar-refractivity contribution in [3.8, 4) is 0 Å². The number of morpholine rings is 1. The van der Waals surface area contributed by atoms with E-state index in [0.29, 0.717) is 17.1 Å². The van der Waals surface area contributed by atoms with Gasteiger partial charge in [0.25, 0.3) is 5.91 Å². The fourth-order valence-corrected chi connectivity index (χ4v) is 3.02. The second-order valence-corrected chi connectivity index (χ2v) is 5.94. The molecular formula is C13H22N4O2S. The van der Waals surface area contributed by atoms with Crippen LogP contribution in [0.1, 0.15) is 16.6 Å². The van der Waals surface area contributed by atoms with Crippen molar-refractivity contribution in [1.82, 2.24) is 10.2 Å². The Morgan fingerprint density at radius 3 is 3.15 bits per heavy atom. The number of nitrogen functional groups attached to an aromatic ring is 1. The van der Waals surface area contributed by atoms with Gasteiger partial charge < -0.3 is 26.0 Å². The maximum Gasteiger partial charge on any atom is 0.263 e. The van der Waals surface area contributed by atoms with Crippen LogP contribution in [-0.2, 0) is 4.74 Å². The summed E-state index contributed by atoms with van der Waals surface area (Å²) in [6.45, 7) is 5.86. The highest BCUT2D eigenvalue weighted by Crippen LogP contribution is 2.29. The quantitative estimate of drug-likeness (QED) is 0.750. The number of hydrogen-bond acceptors (Lipinski definition) is 6. The van der Waals surface area contributed by atoms with E-state index in [0.717, 1.165) is 31.2 Å². The Morgan fingerprint density at radius 1 is 1.65 bits per heavy atom. The van der Waals surface area contributed by atoms with Gasteiger partial charge in [-0.15, -0.1) is 11.3 Å². The average molecular weight is 298 g/mol. The molecule has 0 radical (unpaired) electrons. The molecule has 1 saturated heterocycles. The summed E-state index contributed by atoms with van der Waals surface area (Å²) in [6.07, 6.45) is 0.171. The van der Waals surface area contributed by atoms with Crippen molar-refractivity contribution in [2.75, 3.05) is 50.9 Å². The first kappa shape index (κ1) is 15.1. The first-order valence-electron chi connectivity index (χ1n) is 6.81. The molecule has 112 valence electrons. The highest BCUT2D eigenvalue weighted by atomic mass is 32.1. The molecule has 20 heavy (non-hydrogen) atoms. The number of rotatable bonds is 5. The highest BCUT2D eigenvalue weighted by molar-refractivity contribution is 7.18. The van der Waals surface area contributed by atoms with Gasteiger partial charge in [-0.3, -0.25) is 4.79 Å². The third-order valence-corrected chi connectivity index (χ3v) is 4.26. The summed E-state index contributed by atoms with van der Waals surface area (Å²) in [5.74, 6) is -0.114. The van der Waals surface area contributed by atoms with Gasteiger partial charge in [0, 0.05) is 26.2 Å². The molecular weight excluding hydrogens is 276 g/mol. The molecule has 0 saturated carbocycles. The van der Waals surface area contributed by atoms with E-state index >= 15 is 0 Å². The van der Waals surface area contributed by atoms with E-state index in [1.54, 1.807) is 0 Å². The normalized spacial score (nSPS) is 19.8. The number of nitrogens with zero attached hydrogens (tertiary/aromatic N) is 1. The molecule has 1 unspecified atom stereocenters. The molecule has 1 fully saturated rings. The molecule has 2 rings (SSSR count). The second kappa shape index (κ2) is 6.92. The molecule has 2 heterocycles. The minimum Gasteiger partial charge on any atom is -0.397 e. The average Bonchev–Trinajstić information content (AvgIpc) is 2.78. The number of nitrogens with one attached hydrogen (secondary N) is 2. The summed E-state index contributed by atoms with van der Waals surface area (Å²) in [6, 6.07) is 1.81. The minimum atomic E-state index is -0.114. The van der Waals surface area contributed by atoms with Crippen molar-refractivity contribution in [2.24, 2.45) is 0 Å². The lowest BCUT2D eigenvalue weighted by molar-refractivity contribution is -0.0116. The van der Waals surface area contributed by atoms with Gasteiger partial charge >= 0.3 is 0 Å². The van der Waals surface area contributed by atoms with Crippen LogP contribution in [0.15, 0.2) is 6.07 Å². The fraction of sp³-hybridized carbons (Fsp3) is 0.615. The zero-order valence-corrected chi connectivity index (χ0v) is 12.8. The molecule has 0 bridgehead atoms. The zero-order chi connectivity index (χ0) is 14.5. The van der Waals surface area contributed by atoms with E-state index in [2.05, 4.69) is 22.6 Å². The predicted molar refractivity (Wildman–Crippen MR) is 82.5 cm³/mol. The maximum atomic E-state index is 11.8. The van der Waals surface area contributed by atoms with E-state index in [9.17, 15) is 4.79 Å². The third-order valence-electron chi connectivity index (χ3n) is 3.15. The van der Waals surface area contributed by atoms with Crippen LogP contribution in [0.2, 0.25) is 0 Å². The molecule has 1 aliphatic rings. The lowest BCUT2D eigenvalue weighted by Crippen LogP contribution is -2.43. The van der Waals surface area contributed by atoms with E-state index in [-0.39, 0.29) is 12.0 Å². The SMILES string of the molecule is CCNC(=O)c1sc(NCC2CN(C)CCO2)cc1N. The molecule has 0 aromatic carbocycles. The van der Waals surface area contributed by atoms with Gasteiger partial charge in [0.1, 0.15) is 4.88 Å². The molecule has 1 atom stereocenters. The van der Waals surface area contributed by atoms with Crippen molar-refractivity contribution >= 4 is 27.9 Å². The second-order valence-electron chi connectivity index (χ2n) is 4.89. The number of ether oxygens (including phenoxy) is 1. The Bertz CT molecular complexity index is 463. The smallest absolute Gasteiger partial charge is 0.263 e. The van der Waals surface area contributed by atoms with Crippen LogP contribution in [-0.4, -0.2) is 56.7 Å². The first-order chi connectivity index (χ1) is 9.60. The van der Waals surface area contributed by atoms with E-state index in [4.69, 9.17) is 10.5 Å². The lowest BCUT2D eigenvalue weighted by Gasteiger charge is -2.30. The Hall–Kier alpha value is -1.31. The molecule has 1 amide bonds. The predicted octanol–water partition coefficient (Wildman–Crippen LogP) is 0.822. The summed E-state index contributed by atoms with van der Waals surface area (Å²) in [7, 11) is 2.09. The van der Waals surface area contributed by atoms with E-state index in [1.807, 2.05) is 13.0 Å². The molecule has 1 aliphatic heterocycles. The van der Waals surface area contributed by atoms with Crippen LogP contribution in [0.4, 0.5) is 10.7 Å². The van der Waals surface area contributed by atoms with Crippen molar-refractivity contribution in [1.29, 1.82) is 0 Å². The Balaban J connectivity index is 1.90. The molecule has 4 N–H and O–H groups in total. The highest BCUT2D eigenvalue weighted by Gasteiger charge is 2.18. The Morgan fingerprint density at radius 2 is 2.45 bits per heavy atom. The minimum absolute atomic E-state index is 0.114. The summed E-state index contributed by atoms with van der Waals surface area (Å²) in [4.78, 5) is 14.6. The molecule has 1 aromatic heterocycles. The zero-order valence-electron chi connectivity index (χ0n) is 11.9. The molecule has 0 spiro atoms. The Labute approximate surface area is 123 Å². The summed E-state index contributed by atoms with van der Waals surface area (Å²) in [5, 5.41) is 6.96. The topological polar surface area (TPSA) is 79.6 Å². The summed E-state index contributed by atoms with van der Waals surface area (Å²) >= 11 is 1.38.